The van der Waals surface area contributed by atoms with Crippen LogP contribution in [0.1, 0.15) is 31.7 Å². The number of hydrogen-bond donors (Lipinski definition) is 0. The molecule has 0 radical (unpaired) electrons. The first-order valence-corrected chi connectivity index (χ1v) is 7.97. The standard InChI is InChI=1S/C16H24ClN3/c1-4-19(5-2)10-7-11-20-15(12-17)18-14-9-6-8-13(3)16(14)20/h6,8-9H,4-5,7,10-12H2,1-3H3. The van der Waals surface area contributed by atoms with Gasteiger partial charge >= 0.3 is 0 Å². The summed E-state index contributed by atoms with van der Waals surface area (Å²) >= 11 is 6.06. The first kappa shape index (κ1) is 15.3. The van der Waals surface area contributed by atoms with Crippen molar-refractivity contribution in [2.24, 2.45) is 0 Å². The highest BCUT2D eigenvalue weighted by molar-refractivity contribution is 6.16. The fraction of sp³-hybridized carbons (Fsp3) is 0.562. The summed E-state index contributed by atoms with van der Waals surface area (Å²) in [7, 11) is 0. The lowest BCUT2D eigenvalue weighted by molar-refractivity contribution is 0.293. The molecule has 110 valence electrons. The maximum Gasteiger partial charge on any atom is 0.124 e. The molecule has 0 unspecified atom stereocenters. The summed E-state index contributed by atoms with van der Waals surface area (Å²) in [4.78, 5) is 7.10. The van der Waals surface area contributed by atoms with Crippen molar-refractivity contribution in [1.82, 2.24) is 14.5 Å². The molecule has 0 fully saturated rings. The van der Waals surface area contributed by atoms with Crippen molar-refractivity contribution >= 4 is 22.6 Å². The molecule has 0 N–H and O–H groups in total. The molecule has 0 amide bonds. The summed E-state index contributed by atoms with van der Waals surface area (Å²) in [6.45, 7) is 10.9. The molecule has 0 atom stereocenters. The lowest BCUT2D eigenvalue weighted by atomic mass is 10.2. The van der Waals surface area contributed by atoms with E-state index in [1.165, 1.54) is 11.1 Å². The third-order valence-corrected chi connectivity index (χ3v) is 4.16. The topological polar surface area (TPSA) is 21.1 Å². The zero-order chi connectivity index (χ0) is 14.5. The second kappa shape index (κ2) is 7.09. The number of alkyl halides is 1. The Hall–Kier alpha value is -1.06. The number of benzene rings is 1. The van der Waals surface area contributed by atoms with E-state index >= 15 is 0 Å². The SMILES string of the molecule is CCN(CC)CCCn1c(CCl)nc2cccc(C)c21. The molecule has 0 spiro atoms. The summed E-state index contributed by atoms with van der Waals surface area (Å²) in [6, 6.07) is 6.27. The van der Waals surface area contributed by atoms with Gasteiger partial charge in [0.1, 0.15) is 5.82 Å². The molecular weight excluding hydrogens is 270 g/mol. The van der Waals surface area contributed by atoms with Gasteiger partial charge in [0.2, 0.25) is 0 Å². The Morgan fingerprint density at radius 2 is 2.00 bits per heavy atom. The number of fused-ring (bicyclic) bond motifs is 1. The van der Waals surface area contributed by atoms with Gasteiger partial charge in [0.25, 0.3) is 0 Å². The zero-order valence-corrected chi connectivity index (χ0v) is 13.5. The van der Waals surface area contributed by atoms with Crippen molar-refractivity contribution in [1.29, 1.82) is 0 Å². The van der Waals surface area contributed by atoms with Crippen LogP contribution < -0.4 is 0 Å². The Morgan fingerprint density at radius 1 is 1.25 bits per heavy atom. The molecule has 0 aliphatic carbocycles. The number of imidazole rings is 1. The number of aryl methyl sites for hydroxylation is 2. The molecule has 20 heavy (non-hydrogen) atoms. The second-order valence-corrected chi connectivity index (χ2v) is 5.40. The highest BCUT2D eigenvalue weighted by Gasteiger charge is 2.11. The maximum absolute atomic E-state index is 6.06. The third kappa shape index (κ3) is 3.15. The molecule has 2 rings (SSSR count). The van der Waals surface area contributed by atoms with Crippen molar-refractivity contribution in [3.63, 3.8) is 0 Å². The zero-order valence-electron chi connectivity index (χ0n) is 12.7. The van der Waals surface area contributed by atoms with E-state index in [0.717, 1.165) is 43.9 Å². The molecule has 4 heteroatoms. The van der Waals surface area contributed by atoms with E-state index in [2.05, 4.69) is 53.4 Å². The van der Waals surface area contributed by atoms with Gasteiger partial charge in [-0.25, -0.2) is 4.98 Å². The number of rotatable bonds is 7. The predicted molar refractivity (Wildman–Crippen MR) is 86.4 cm³/mol. The van der Waals surface area contributed by atoms with Crippen molar-refractivity contribution in [3.8, 4) is 0 Å². The summed E-state index contributed by atoms with van der Waals surface area (Å²) in [5, 5.41) is 0. The van der Waals surface area contributed by atoms with Crippen LogP contribution in [-0.4, -0.2) is 34.1 Å². The Bertz CT molecular complexity index is 558. The molecule has 1 heterocycles. The Morgan fingerprint density at radius 3 is 2.65 bits per heavy atom. The van der Waals surface area contributed by atoms with Crippen LogP contribution in [0.4, 0.5) is 0 Å². The predicted octanol–water partition coefficient (Wildman–Crippen LogP) is 3.82. The average molecular weight is 294 g/mol. The maximum atomic E-state index is 6.06. The molecule has 1 aromatic heterocycles. The number of aromatic nitrogens is 2. The normalized spacial score (nSPS) is 11.7. The summed E-state index contributed by atoms with van der Waals surface area (Å²) in [5.74, 6) is 1.45. The lowest BCUT2D eigenvalue weighted by Gasteiger charge is -2.18. The van der Waals surface area contributed by atoms with Crippen molar-refractivity contribution in [2.45, 2.75) is 39.6 Å². The number of halogens is 1. The first-order valence-electron chi connectivity index (χ1n) is 7.44. The van der Waals surface area contributed by atoms with E-state index in [1.54, 1.807) is 0 Å². The number of para-hydroxylation sites is 1. The van der Waals surface area contributed by atoms with Gasteiger partial charge in [-0.05, 0) is 44.6 Å². The van der Waals surface area contributed by atoms with Crippen LogP contribution in [0.3, 0.4) is 0 Å². The van der Waals surface area contributed by atoms with Crippen LogP contribution in [0.15, 0.2) is 18.2 Å². The highest BCUT2D eigenvalue weighted by atomic mass is 35.5. The molecule has 0 bridgehead atoms. The number of nitrogens with zero attached hydrogens (tertiary/aromatic N) is 3. The minimum absolute atomic E-state index is 0.472. The molecule has 0 saturated carbocycles. The smallest absolute Gasteiger partial charge is 0.124 e. The Labute approximate surface area is 126 Å². The van der Waals surface area contributed by atoms with Crippen molar-refractivity contribution in [3.05, 3.63) is 29.6 Å². The third-order valence-electron chi connectivity index (χ3n) is 3.92. The van der Waals surface area contributed by atoms with Gasteiger partial charge in [-0.1, -0.05) is 26.0 Å². The van der Waals surface area contributed by atoms with Crippen LogP contribution in [0, 0.1) is 6.92 Å². The van der Waals surface area contributed by atoms with Crippen LogP contribution in [0.5, 0.6) is 0 Å². The van der Waals surface area contributed by atoms with Gasteiger partial charge in [0.05, 0.1) is 16.9 Å². The van der Waals surface area contributed by atoms with Crippen LogP contribution in [0.2, 0.25) is 0 Å². The highest BCUT2D eigenvalue weighted by Crippen LogP contribution is 2.21. The second-order valence-electron chi connectivity index (χ2n) is 5.14. The fourth-order valence-electron chi connectivity index (χ4n) is 2.75. The average Bonchev–Trinajstić information content (AvgIpc) is 2.83. The monoisotopic (exact) mass is 293 g/mol. The minimum atomic E-state index is 0.472. The molecule has 3 nitrogen and oxygen atoms in total. The van der Waals surface area contributed by atoms with E-state index in [4.69, 9.17) is 11.6 Å². The van der Waals surface area contributed by atoms with Crippen LogP contribution in [-0.2, 0) is 12.4 Å². The van der Waals surface area contributed by atoms with Gasteiger partial charge in [0, 0.05) is 6.54 Å². The Balaban J connectivity index is 2.20. The lowest BCUT2D eigenvalue weighted by Crippen LogP contribution is -2.25. The molecule has 0 saturated heterocycles. The van der Waals surface area contributed by atoms with E-state index in [-0.39, 0.29) is 0 Å². The van der Waals surface area contributed by atoms with Gasteiger partial charge < -0.3 is 9.47 Å². The summed E-state index contributed by atoms with van der Waals surface area (Å²) < 4.78 is 2.29. The molecular formula is C16H24ClN3. The number of hydrogen-bond acceptors (Lipinski definition) is 2. The molecule has 1 aromatic carbocycles. The van der Waals surface area contributed by atoms with Gasteiger partial charge in [0.15, 0.2) is 0 Å². The van der Waals surface area contributed by atoms with Crippen LogP contribution >= 0.6 is 11.6 Å². The van der Waals surface area contributed by atoms with Crippen molar-refractivity contribution < 1.29 is 0 Å². The first-order chi connectivity index (χ1) is 9.71. The van der Waals surface area contributed by atoms with Gasteiger partial charge in [-0.3, -0.25) is 0 Å². The van der Waals surface area contributed by atoms with E-state index in [0.29, 0.717) is 5.88 Å². The Kier molecular flexibility index (Phi) is 5.44. The summed E-state index contributed by atoms with van der Waals surface area (Å²) in [6.07, 6.45) is 1.13. The van der Waals surface area contributed by atoms with E-state index < -0.39 is 0 Å². The van der Waals surface area contributed by atoms with E-state index in [9.17, 15) is 0 Å². The fourth-order valence-corrected chi connectivity index (χ4v) is 2.95. The van der Waals surface area contributed by atoms with Gasteiger partial charge in [-0.15, -0.1) is 11.6 Å². The molecule has 0 aliphatic heterocycles. The molecule has 0 aliphatic rings. The van der Waals surface area contributed by atoms with Crippen molar-refractivity contribution in [2.75, 3.05) is 19.6 Å². The minimum Gasteiger partial charge on any atom is -0.327 e. The summed E-state index contributed by atoms with van der Waals surface area (Å²) in [5.41, 5.74) is 3.57. The largest absolute Gasteiger partial charge is 0.327 e. The van der Waals surface area contributed by atoms with E-state index in [1.807, 2.05) is 0 Å². The quantitative estimate of drug-likeness (QED) is 0.724. The molecule has 2 aromatic rings. The van der Waals surface area contributed by atoms with Gasteiger partial charge in [-0.2, -0.15) is 0 Å². The van der Waals surface area contributed by atoms with Crippen LogP contribution in [0.25, 0.3) is 11.0 Å².